The van der Waals surface area contributed by atoms with Crippen molar-refractivity contribution in [3.8, 4) is 0 Å². The van der Waals surface area contributed by atoms with Crippen molar-refractivity contribution in [3.63, 3.8) is 0 Å². The molecule has 0 amide bonds. The summed E-state index contributed by atoms with van der Waals surface area (Å²) in [7, 11) is 2.12. The molecule has 3 aromatic rings. The van der Waals surface area contributed by atoms with Gasteiger partial charge in [0.05, 0.1) is 0 Å². The average Bonchev–Trinajstić information content (AvgIpc) is 3.10. The van der Waals surface area contributed by atoms with Crippen LogP contribution in [-0.4, -0.2) is 4.57 Å². The van der Waals surface area contributed by atoms with Crippen LogP contribution in [0.3, 0.4) is 0 Å². The van der Waals surface area contributed by atoms with E-state index in [1.54, 1.807) is 0 Å². The maximum Gasteiger partial charge on any atom is 0.0488 e. The predicted molar refractivity (Wildman–Crippen MR) is 108 cm³/mol. The SMILES string of the molecule is C=C1c2cc(C(C)CC)ccc2CN1c1ccc2c(c1)cc(C)n2C. The van der Waals surface area contributed by atoms with E-state index in [9.17, 15) is 0 Å². The van der Waals surface area contributed by atoms with Crippen molar-refractivity contribution in [2.45, 2.75) is 39.7 Å². The Labute approximate surface area is 150 Å². The maximum absolute atomic E-state index is 4.40. The van der Waals surface area contributed by atoms with Crippen molar-refractivity contribution >= 4 is 22.3 Å². The Morgan fingerprint density at radius 2 is 1.92 bits per heavy atom. The van der Waals surface area contributed by atoms with E-state index in [1.807, 2.05) is 0 Å². The molecule has 0 fully saturated rings. The number of aryl methyl sites for hydroxylation is 2. The van der Waals surface area contributed by atoms with Gasteiger partial charge >= 0.3 is 0 Å². The second kappa shape index (κ2) is 5.80. The summed E-state index contributed by atoms with van der Waals surface area (Å²) in [5, 5.41) is 1.29. The van der Waals surface area contributed by atoms with Gasteiger partial charge in [-0.2, -0.15) is 0 Å². The number of rotatable bonds is 3. The number of fused-ring (bicyclic) bond motifs is 2. The Kier molecular flexibility index (Phi) is 3.72. The molecular formula is C23H26N2. The van der Waals surface area contributed by atoms with Gasteiger partial charge in [0.15, 0.2) is 0 Å². The smallest absolute Gasteiger partial charge is 0.0488 e. The van der Waals surface area contributed by atoms with Gasteiger partial charge in [0.25, 0.3) is 0 Å². The van der Waals surface area contributed by atoms with E-state index in [2.05, 4.69) is 86.3 Å². The summed E-state index contributed by atoms with van der Waals surface area (Å²) in [6.07, 6.45) is 1.17. The Morgan fingerprint density at radius 1 is 1.12 bits per heavy atom. The molecule has 1 atom stereocenters. The minimum atomic E-state index is 0.593. The number of nitrogens with zero attached hydrogens (tertiary/aromatic N) is 2. The highest BCUT2D eigenvalue weighted by atomic mass is 15.2. The lowest BCUT2D eigenvalue weighted by Crippen LogP contribution is -2.12. The van der Waals surface area contributed by atoms with E-state index in [-0.39, 0.29) is 0 Å². The predicted octanol–water partition coefficient (Wildman–Crippen LogP) is 5.99. The first kappa shape index (κ1) is 16.0. The normalized spacial score (nSPS) is 15.0. The van der Waals surface area contributed by atoms with E-state index in [4.69, 9.17) is 0 Å². The third-order valence-electron chi connectivity index (χ3n) is 5.86. The minimum absolute atomic E-state index is 0.593. The first-order valence-corrected chi connectivity index (χ1v) is 9.15. The topological polar surface area (TPSA) is 8.17 Å². The summed E-state index contributed by atoms with van der Waals surface area (Å²) >= 11 is 0. The van der Waals surface area contributed by atoms with E-state index in [0.29, 0.717) is 5.92 Å². The van der Waals surface area contributed by atoms with Crippen LogP contribution >= 0.6 is 0 Å². The molecular weight excluding hydrogens is 304 g/mol. The van der Waals surface area contributed by atoms with E-state index in [0.717, 1.165) is 12.2 Å². The molecule has 0 spiro atoms. The molecule has 1 unspecified atom stereocenters. The fourth-order valence-electron chi connectivity index (χ4n) is 3.84. The summed E-state index contributed by atoms with van der Waals surface area (Å²) in [6, 6.07) is 15.9. The van der Waals surface area contributed by atoms with Crippen LogP contribution in [0.1, 0.15) is 48.6 Å². The largest absolute Gasteiger partial charge is 0.348 e. The molecule has 2 aromatic carbocycles. The maximum atomic E-state index is 4.40. The molecule has 0 radical (unpaired) electrons. The third-order valence-corrected chi connectivity index (χ3v) is 5.86. The highest BCUT2D eigenvalue weighted by Gasteiger charge is 2.24. The van der Waals surface area contributed by atoms with Gasteiger partial charge in [-0.3, -0.25) is 0 Å². The van der Waals surface area contributed by atoms with Crippen LogP contribution < -0.4 is 4.90 Å². The van der Waals surface area contributed by atoms with Crippen LogP contribution in [0.2, 0.25) is 0 Å². The lowest BCUT2D eigenvalue weighted by Gasteiger charge is -2.20. The van der Waals surface area contributed by atoms with Crippen molar-refractivity contribution in [1.82, 2.24) is 4.57 Å². The Bertz CT molecular complexity index is 977. The summed E-state index contributed by atoms with van der Waals surface area (Å²) in [5.74, 6) is 0.593. The first-order chi connectivity index (χ1) is 12.0. The van der Waals surface area contributed by atoms with Gasteiger partial charge in [0.1, 0.15) is 0 Å². The molecule has 0 N–H and O–H groups in total. The summed E-state index contributed by atoms with van der Waals surface area (Å²) < 4.78 is 2.24. The van der Waals surface area contributed by atoms with Gasteiger partial charge in [-0.05, 0) is 60.7 Å². The molecule has 0 saturated heterocycles. The van der Waals surface area contributed by atoms with Crippen LogP contribution in [0.15, 0.2) is 49.0 Å². The van der Waals surface area contributed by atoms with Crippen molar-refractivity contribution < 1.29 is 0 Å². The monoisotopic (exact) mass is 330 g/mol. The molecule has 2 heteroatoms. The van der Waals surface area contributed by atoms with Gasteiger partial charge in [-0.25, -0.2) is 0 Å². The average molecular weight is 330 g/mol. The molecule has 1 aromatic heterocycles. The van der Waals surface area contributed by atoms with Crippen molar-refractivity contribution in [2.24, 2.45) is 7.05 Å². The van der Waals surface area contributed by atoms with Gasteiger partial charge in [-0.15, -0.1) is 0 Å². The molecule has 1 aliphatic heterocycles. The van der Waals surface area contributed by atoms with Crippen LogP contribution in [0.25, 0.3) is 16.6 Å². The lowest BCUT2D eigenvalue weighted by atomic mass is 9.95. The number of hydrogen-bond acceptors (Lipinski definition) is 1. The van der Waals surface area contributed by atoms with Crippen LogP contribution in [0, 0.1) is 6.92 Å². The summed E-state index contributed by atoms with van der Waals surface area (Å²) in [4.78, 5) is 2.34. The van der Waals surface area contributed by atoms with Gasteiger partial charge in [0, 0.05) is 47.1 Å². The summed E-state index contributed by atoms with van der Waals surface area (Å²) in [6.45, 7) is 12.0. The van der Waals surface area contributed by atoms with Crippen molar-refractivity contribution in [2.75, 3.05) is 4.90 Å². The van der Waals surface area contributed by atoms with Crippen LogP contribution in [-0.2, 0) is 13.6 Å². The number of hydrogen-bond donors (Lipinski definition) is 0. The summed E-state index contributed by atoms with van der Waals surface area (Å²) in [5.41, 5.74) is 9.01. The lowest BCUT2D eigenvalue weighted by molar-refractivity contribution is 0.733. The number of aromatic nitrogens is 1. The fourth-order valence-corrected chi connectivity index (χ4v) is 3.84. The van der Waals surface area contributed by atoms with Crippen LogP contribution in [0.4, 0.5) is 5.69 Å². The highest BCUT2D eigenvalue weighted by molar-refractivity contribution is 5.90. The zero-order chi connectivity index (χ0) is 17.7. The van der Waals surface area contributed by atoms with Crippen LogP contribution in [0.5, 0.6) is 0 Å². The highest BCUT2D eigenvalue weighted by Crippen LogP contribution is 2.38. The molecule has 0 saturated carbocycles. The Morgan fingerprint density at radius 3 is 2.68 bits per heavy atom. The first-order valence-electron chi connectivity index (χ1n) is 9.15. The van der Waals surface area contributed by atoms with Gasteiger partial charge in [-0.1, -0.05) is 32.6 Å². The Hall–Kier alpha value is -2.48. The molecule has 2 nitrogen and oxygen atoms in total. The minimum Gasteiger partial charge on any atom is -0.348 e. The molecule has 0 bridgehead atoms. The Balaban J connectivity index is 1.71. The standard InChI is InChI=1S/C23H26N2/c1-6-15(2)18-7-8-19-14-25(17(4)22(19)13-18)21-9-10-23-20(12-21)11-16(3)24(23)5/h7-13,15H,4,6,14H2,1-3,5H3. The zero-order valence-electron chi connectivity index (χ0n) is 15.6. The van der Waals surface area contributed by atoms with E-state index in [1.165, 1.54) is 45.4 Å². The molecule has 2 heterocycles. The molecule has 4 rings (SSSR count). The second-order valence-electron chi connectivity index (χ2n) is 7.35. The molecule has 0 aliphatic carbocycles. The molecule has 128 valence electrons. The van der Waals surface area contributed by atoms with E-state index < -0.39 is 0 Å². The van der Waals surface area contributed by atoms with Crippen molar-refractivity contribution in [1.29, 1.82) is 0 Å². The quantitative estimate of drug-likeness (QED) is 0.572. The fraction of sp³-hybridized carbons (Fsp3) is 0.304. The second-order valence-corrected chi connectivity index (χ2v) is 7.35. The van der Waals surface area contributed by atoms with Crippen molar-refractivity contribution in [3.05, 3.63) is 71.4 Å². The molecule has 1 aliphatic rings. The molecule has 25 heavy (non-hydrogen) atoms. The zero-order valence-corrected chi connectivity index (χ0v) is 15.6. The van der Waals surface area contributed by atoms with Gasteiger partial charge < -0.3 is 9.47 Å². The number of benzene rings is 2. The number of anilines is 1. The van der Waals surface area contributed by atoms with E-state index >= 15 is 0 Å². The van der Waals surface area contributed by atoms with Gasteiger partial charge in [0.2, 0.25) is 0 Å². The third kappa shape index (κ3) is 2.48.